The molecule has 0 atom stereocenters. The van der Waals surface area contributed by atoms with Crippen molar-refractivity contribution in [3.8, 4) is 11.5 Å². The van der Waals surface area contributed by atoms with Gasteiger partial charge in [0.25, 0.3) is 0 Å². The quantitative estimate of drug-likeness (QED) is 0.470. The first-order valence-electron chi connectivity index (χ1n) is 10.4. The molecule has 0 unspecified atom stereocenters. The summed E-state index contributed by atoms with van der Waals surface area (Å²) in [5.74, 6) is 1.66. The number of nitrogens with zero attached hydrogens (tertiary/aromatic N) is 2. The maximum atomic E-state index is 5.97. The van der Waals surface area contributed by atoms with Crippen LogP contribution in [0.2, 0.25) is 5.02 Å². The van der Waals surface area contributed by atoms with Crippen LogP contribution in [-0.2, 0) is 6.54 Å². The highest BCUT2D eigenvalue weighted by atomic mass is 35.5. The van der Waals surface area contributed by atoms with Crippen LogP contribution >= 0.6 is 11.6 Å². The molecule has 1 fully saturated rings. The Morgan fingerprint density at radius 2 is 1.50 bits per heavy atom. The van der Waals surface area contributed by atoms with E-state index in [9.17, 15) is 0 Å². The molecule has 30 heavy (non-hydrogen) atoms. The zero-order chi connectivity index (χ0) is 20.6. The Bertz CT molecular complexity index is 948. The molecule has 4 rings (SSSR count). The van der Waals surface area contributed by atoms with Crippen LogP contribution in [-0.4, -0.2) is 42.5 Å². The van der Waals surface area contributed by atoms with Crippen molar-refractivity contribution < 1.29 is 4.74 Å². The lowest BCUT2D eigenvalue weighted by Gasteiger charge is -2.34. The SMILES string of the molecule is Clc1ccc(Oc2cccc(CN3CCN(C/C=C/c4ccccc4)CC3)c2)cc1. The van der Waals surface area contributed by atoms with E-state index in [0.29, 0.717) is 5.02 Å². The van der Waals surface area contributed by atoms with E-state index in [1.165, 1.54) is 11.1 Å². The highest BCUT2D eigenvalue weighted by Gasteiger charge is 2.16. The third kappa shape index (κ3) is 6.20. The molecule has 0 radical (unpaired) electrons. The van der Waals surface area contributed by atoms with Crippen LogP contribution < -0.4 is 4.74 Å². The first-order valence-corrected chi connectivity index (χ1v) is 10.8. The Kier molecular flexibility index (Phi) is 7.20. The molecule has 3 aromatic rings. The molecule has 1 saturated heterocycles. The Labute approximate surface area is 184 Å². The summed E-state index contributed by atoms with van der Waals surface area (Å²) in [6.45, 7) is 6.32. The summed E-state index contributed by atoms with van der Waals surface area (Å²) in [5.41, 5.74) is 2.54. The first-order chi connectivity index (χ1) is 14.7. The van der Waals surface area contributed by atoms with Crippen molar-refractivity contribution in [2.75, 3.05) is 32.7 Å². The van der Waals surface area contributed by atoms with E-state index in [1.54, 1.807) is 0 Å². The molecule has 3 aromatic carbocycles. The van der Waals surface area contributed by atoms with Crippen molar-refractivity contribution in [3.63, 3.8) is 0 Å². The Balaban J connectivity index is 1.25. The maximum absolute atomic E-state index is 5.97. The molecular weight excluding hydrogens is 392 g/mol. The molecule has 1 aliphatic heterocycles. The highest BCUT2D eigenvalue weighted by Crippen LogP contribution is 2.24. The Hall–Kier alpha value is -2.59. The lowest BCUT2D eigenvalue weighted by Crippen LogP contribution is -2.45. The van der Waals surface area contributed by atoms with Crippen molar-refractivity contribution in [1.82, 2.24) is 9.80 Å². The lowest BCUT2D eigenvalue weighted by molar-refractivity contribution is 0.137. The summed E-state index contributed by atoms with van der Waals surface area (Å²) in [5, 5.41) is 0.714. The van der Waals surface area contributed by atoms with Gasteiger partial charge in [-0.1, -0.05) is 66.2 Å². The second kappa shape index (κ2) is 10.4. The summed E-state index contributed by atoms with van der Waals surface area (Å²) >= 11 is 5.95. The van der Waals surface area contributed by atoms with Gasteiger partial charge in [-0.15, -0.1) is 0 Å². The van der Waals surface area contributed by atoms with Crippen LogP contribution in [0.15, 0.2) is 84.9 Å². The van der Waals surface area contributed by atoms with E-state index in [0.717, 1.165) is 50.8 Å². The summed E-state index contributed by atoms with van der Waals surface area (Å²) in [4.78, 5) is 5.02. The third-order valence-corrected chi connectivity index (χ3v) is 5.54. The summed E-state index contributed by atoms with van der Waals surface area (Å²) < 4.78 is 5.97. The molecule has 1 aliphatic rings. The van der Waals surface area contributed by atoms with Crippen LogP contribution in [0.25, 0.3) is 6.08 Å². The van der Waals surface area contributed by atoms with Crippen molar-refractivity contribution in [2.24, 2.45) is 0 Å². The monoisotopic (exact) mass is 418 g/mol. The standard InChI is InChI=1S/C26H27ClN2O/c27-24-11-13-25(14-12-24)30-26-10-4-8-23(20-26)21-29-18-16-28(17-19-29)15-5-9-22-6-2-1-3-7-22/h1-14,20H,15-19,21H2/b9-5+. The molecule has 0 spiro atoms. The largest absolute Gasteiger partial charge is 0.457 e. The van der Waals surface area contributed by atoms with E-state index in [-0.39, 0.29) is 0 Å². The summed E-state index contributed by atoms with van der Waals surface area (Å²) in [7, 11) is 0. The topological polar surface area (TPSA) is 15.7 Å². The fourth-order valence-corrected chi connectivity index (χ4v) is 3.76. The summed E-state index contributed by atoms with van der Waals surface area (Å²) in [6.07, 6.45) is 4.47. The Morgan fingerprint density at radius 1 is 0.767 bits per heavy atom. The van der Waals surface area contributed by atoms with Crippen LogP contribution in [0, 0.1) is 0 Å². The van der Waals surface area contributed by atoms with Gasteiger partial charge in [0.15, 0.2) is 0 Å². The van der Waals surface area contributed by atoms with Gasteiger partial charge >= 0.3 is 0 Å². The Morgan fingerprint density at radius 3 is 2.27 bits per heavy atom. The van der Waals surface area contributed by atoms with Gasteiger partial charge in [0.05, 0.1) is 0 Å². The van der Waals surface area contributed by atoms with Gasteiger partial charge in [0.1, 0.15) is 11.5 Å². The number of hydrogen-bond acceptors (Lipinski definition) is 3. The molecule has 0 amide bonds. The number of halogens is 1. The van der Waals surface area contributed by atoms with E-state index in [2.05, 4.69) is 70.5 Å². The van der Waals surface area contributed by atoms with Crippen molar-refractivity contribution in [1.29, 1.82) is 0 Å². The number of ether oxygens (including phenoxy) is 1. The van der Waals surface area contributed by atoms with Crippen molar-refractivity contribution in [3.05, 3.63) is 101 Å². The van der Waals surface area contributed by atoms with Gasteiger partial charge in [0.2, 0.25) is 0 Å². The zero-order valence-corrected chi connectivity index (χ0v) is 17.8. The molecule has 0 N–H and O–H groups in total. The molecule has 4 heteroatoms. The summed E-state index contributed by atoms with van der Waals surface area (Å²) in [6, 6.07) is 26.3. The third-order valence-electron chi connectivity index (χ3n) is 5.29. The minimum absolute atomic E-state index is 0.714. The highest BCUT2D eigenvalue weighted by molar-refractivity contribution is 6.30. The predicted octanol–water partition coefficient (Wildman–Crippen LogP) is 5.96. The van der Waals surface area contributed by atoms with Crippen LogP contribution in [0.1, 0.15) is 11.1 Å². The molecule has 1 heterocycles. The van der Waals surface area contributed by atoms with Gasteiger partial charge in [-0.3, -0.25) is 9.80 Å². The number of hydrogen-bond donors (Lipinski definition) is 0. The normalized spacial score (nSPS) is 15.5. The smallest absolute Gasteiger partial charge is 0.127 e. The van der Waals surface area contributed by atoms with Crippen LogP contribution in [0.4, 0.5) is 0 Å². The molecule has 0 saturated carbocycles. The average molecular weight is 419 g/mol. The van der Waals surface area contributed by atoms with Crippen molar-refractivity contribution in [2.45, 2.75) is 6.54 Å². The lowest BCUT2D eigenvalue weighted by atomic mass is 10.2. The number of benzene rings is 3. The van der Waals surface area contributed by atoms with E-state index in [1.807, 2.05) is 30.3 Å². The van der Waals surface area contributed by atoms with Crippen LogP contribution in [0.5, 0.6) is 11.5 Å². The number of piperazine rings is 1. The van der Waals surface area contributed by atoms with Gasteiger partial charge in [-0.25, -0.2) is 0 Å². The average Bonchev–Trinajstić information content (AvgIpc) is 2.78. The molecule has 0 aromatic heterocycles. The van der Waals surface area contributed by atoms with Gasteiger partial charge in [-0.2, -0.15) is 0 Å². The molecule has 0 aliphatic carbocycles. The predicted molar refractivity (Wildman–Crippen MR) is 125 cm³/mol. The molecule has 154 valence electrons. The molecule has 0 bridgehead atoms. The van der Waals surface area contributed by atoms with E-state index >= 15 is 0 Å². The first kappa shape index (κ1) is 20.7. The minimum atomic E-state index is 0.714. The number of rotatable bonds is 7. The van der Waals surface area contributed by atoms with Crippen LogP contribution in [0.3, 0.4) is 0 Å². The zero-order valence-electron chi connectivity index (χ0n) is 17.1. The second-order valence-corrected chi connectivity index (χ2v) is 8.03. The molecule has 3 nitrogen and oxygen atoms in total. The molecular formula is C26H27ClN2O. The van der Waals surface area contributed by atoms with Gasteiger partial charge < -0.3 is 4.74 Å². The minimum Gasteiger partial charge on any atom is -0.457 e. The second-order valence-electron chi connectivity index (χ2n) is 7.59. The fraction of sp³-hybridized carbons (Fsp3) is 0.231. The van der Waals surface area contributed by atoms with Crippen molar-refractivity contribution >= 4 is 17.7 Å². The maximum Gasteiger partial charge on any atom is 0.127 e. The van der Waals surface area contributed by atoms with E-state index in [4.69, 9.17) is 16.3 Å². The van der Waals surface area contributed by atoms with E-state index < -0.39 is 0 Å². The fourth-order valence-electron chi connectivity index (χ4n) is 3.64. The van der Waals surface area contributed by atoms with Gasteiger partial charge in [-0.05, 0) is 47.5 Å². The van der Waals surface area contributed by atoms with Gasteiger partial charge in [0, 0.05) is 44.3 Å².